The predicted molar refractivity (Wildman–Crippen MR) is 74.3 cm³/mol. The highest BCUT2D eigenvalue weighted by atomic mass is 16.5. The van der Waals surface area contributed by atoms with Crippen LogP contribution in [0.5, 0.6) is 0 Å². The van der Waals surface area contributed by atoms with Gasteiger partial charge in [-0.3, -0.25) is 4.79 Å². The molecule has 0 saturated carbocycles. The molecule has 1 fully saturated rings. The standard InChI is InChI=1S/C14H19N3O2/c1-16-6-7-17(13-5-3-2-4-12(13)16)14(18)10-8-19-9-11(10)15/h2-5,10-11H,6-9,15H2,1H3. The molecule has 0 aliphatic carbocycles. The molecular weight excluding hydrogens is 242 g/mol. The molecular formula is C14H19N3O2. The van der Waals surface area contributed by atoms with Gasteiger partial charge in [-0.15, -0.1) is 0 Å². The summed E-state index contributed by atoms with van der Waals surface area (Å²) in [6.45, 7) is 2.46. The van der Waals surface area contributed by atoms with Crippen molar-refractivity contribution in [1.29, 1.82) is 0 Å². The van der Waals surface area contributed by atoms with Gasteiger partial charge in [0.2, 0.25) is 5.91 Å². The van der Waals surface area contributed by atoms with Crippen LogP contribution in [0.3, 0.4) is 0 Å². The lowest BCUT2D eigenvalue weighted by Gasteiger charge is -2.37. The third-order valence-electron chi connectivity index (χ3n) is 3.95. The average Bonchev–Trinajstić information content (AvgIpc) is 2.85. The first kappa shape index (κ1) is 12.4. The molecule has 0 radical (unpaired) electrons. The van der Waals surface area contributed by atoms with Gasteiger partial charge in [0.1, 0.15) is 0 Å². The van der Waals surface area contributed by atoms with E-state index < -0.39 is 0 Å². The van der Waals surface area contributed by atoms with Gasteiger partial charge in [-0.05, 0) is 12.1 Å². The lowest BCUT2D eigenvalue weighted by atomic mass is 10.0. The van der Waals surface area contributed by atoms with Crippen LogP contribution in [0.15, 0.2) is 24.3 Å². The minimum absolute atomic E-state index is 0.0885. The topological polar surface area (TPSA) is 58.8 Å². The average molecular weight is 261 g/mol. The predicted octanol–water partition coefficient (Wildman–Crippen LogP) is 0.443. The summed E-state index contributed by atoms with van der Waals surface area (Å²) in [5.74, 6) is -0.123. The molecule has 0 bridgehead atoms. The minimum Gasteiger partial charge on any atom is -0.379 e. The second-order valence-electron chi connectivity index (χ2n) is 5.21. The molecule has 0 spiro atoms. The summed E-state index contributed by atoms with van der Waals surface area (Å²) >= 11 is 0. The van der Waals surface area contributed by atoms with Crippen molar-refractivity contribution < 1.29 is 9.53 Å². The second-order valence-corrected chi connectivity index (χ2v) is 5.21. The largest absolute Gasteiger partial charge is 0.379 e. The Labute approximate surface area is 112 Å². The first-order valence-corrected chi connectivity index (χ1v) is 6.63. The van der Waals surface area contributed by atoms with E-state index in [4.69, 9.17) is 10.5 Å². The van der Waals surface area contributed by atoms with Gasteiger partial charge in [0.25, 0.3) is 0 Å². The van der Waals surface area contributed by atoms with Gasteiger partial charge in [0.15, 0.2) is 0 Å². The van der Waals surface area contributed by atoms with E-state index in [0.29, 0.717) is 19.8 Å². The number of benzene rings is 1. The van der Waals surface area contributed by atoms with Gasteiger partial charge in [-0.1, -0.05) is 12.1 Å². The van der Waals surface area contributed by atoms with E-state index in [0.717, 1.165) is 17.9 Å². The van der Waals surface area contributed by atoms with E-state index in [1.54, 1.807) is 0 Å². The minimum atomic E-state index is -0.212. The Morgan fingerprint density at radius 1 is 1.26 bits per heavy atom. The first-order valence-electron chi connectivity index (χ1n) is 6.63. The Bertz CT molecular complexity index is 491. The number of likely N-dealkylation sites (N-methyl/N-ethyl adjacent to an activating group) is 1. The van der Waals surface area contributed by atoms with Gasteiger partial charge in [0.05, 0.1) is 30.5 Å². The second kappa shape index (κ2) is 4.83. The van der Waals surface area contributed by atoms with E-state index >= 15 is 0 Å². The zero-order valence-electron chi connectivity index (χ0n) is 11.1. The number of carbonyl (C=O) groups excluding carboxylic acids is 1. The molecule has 102 valence electrons. The van der Waals surface area contributed by atoms with Crippen LogP contribution in [0.25, 0.3) is 0 Å². The van der Waals surface area contributed by atoms with Gasteiger partial charge in [-0.2, -0.15) is 0 Å². The molecule has 5 nitrogen and oxygen atoms in total. The van der Waals surface area contributed by atoms with Gasteiger partial charge in [-0.25, -0.2) is 0 Å². The highest BCUT2D eigenvalue weighted by Crippen LogP contribution is 2.33. The van der Waals surface area contributed by atoms with E-state index in [-0.39, 0.29) is 17.9 Å². The number of hydrogen-bond donors (Lipinski definition) is 1. The quantitative estimate of drug-likeness (QED) is 0.797. The van der Waals surface area contributed by atoms with Crippen LogP contribution in [-0.2, 0) is 9.53 Å². The van der Waals surface area contributed by atoms with Gasteiger partial charge >= 0.3 is 0 Å². The Kier molecular flexibility index (Phi) is 3.16. The van der Waals surface area contributed by atoms with Gasteiger partial charge < -0.3 is 20.3 Å². The normalized spacial score (nSPS) is 26.4. The van der Waals surface area contributed by atoms with E-state index in [9.17, 15) is 4.79 Å². The third-order valence-corrected chi connectivity index (χ3v) is 3.95. The number of fused-ring (bicyclic) bond motifs is 1. The fraction of sp³-hybridized carbons (Fsp3) is 0.500. The summed E-state index contributed by atoms with van der Waals surface area (Å²) in [7, 11) is 2.05. The van der Waals surface area contributed by atoms with E-state index in [1.165, 1.54) is 0 Å². The Morgan fingerprint density at radius 2 is 2.00 bits per heavy atom. The van der Waals surface area contributed by atoms with Crippen LogP contribution < -0.4 is 15.5 Å². The van der Waals surface area contributed by atoms with Crippen LogP contribution in [0, 0.1) is 5.92 Å². The Balaban J connectivity index is 1.90. The van der Waals surface area contributed by atoms with Crippen LogP contribution in [0.1, 0.15) is 0 Å². The van der Waals surface area contributed by atoms with Crippen LogP contribution in [0.2, 0.25) is 0 Å². The number of ether oxygens (including phenoxy) is 1. The first-order chi connectivity index (χ1) is 9.18. The Morgan fingerprint density at radius 3 is 2.68 bits per heavy atom. The zero-order chi connectivity index (χ0) is 13.4. The highest BCUT2D eigenvalue weighted by Gasteiger charge is 2.36. The number of carbonyl (C=O) groups is 1. The number of anilines is 2. The summed E-state index contributed by atoms with van der Waals surface area (Å²) in [5.41, 5.74) is 8.02. The molecule has 2 unspecified atom stereocenters. The van der Waals surface area contributed by atoms with Crippen molar-refractivity contribution in [3.63, 3.8) is 0 Å². The van der Waals surface area contributed by atoms with Crippen molar-refractivity contribution >= 4 is 17.3 Å². The van der Waals surface area contributed by atoms with Gasteiger partial charge in [0, 0.05) is 26.2 Å². The van der Waals surface area contributed by atoms with Crippen molar-refractivity contribution in [3.05, 3.63) is 24.3 Å². The molecule has 1 aromatic rings. The molecule has 2 N–H and O–H groups in total. The molecule has 1 aromatic carbocycles. The lowest BCUT2D eigenvalue weighted by Crippen LogP contribution is -2.48. The molecule has 1 amide bonds. The maximum atomic E-state index is 12.6. The summed E-state index contributed by atoms with van der Waals surface area (Å²) in [6, 6.07) is 7.81. The molecule has 0 aromatic heterocycles. The smallest absolute Gasteiger partial charge is 0.234 e. The summed E-state index contributed by atoms with van der Waals surface area (Å²) < 4.78 is 5.31. The molecule has 2 atom stereocenters. The van der Waals surface area contributed by atoms with Crippen molar-refractivity contribution in [2.45, 2.75) is 6.04 Å². The van der Waals surface area contributed by atoms with Crippen molar-refractivity contribution in [3.8, 4) is 0 Å². The van der Waals surface area contributed by atoms with E-state index in [1.807, 2.05) is 36.2 Å². The van der Waals surface area contributed by atoms with Crippen molar-refractivity contribution in [2.75, 3.05) is 43.2 Å². The third kappa shape index (κ3) is 2.09. The van der Waals surface area contributed by atoms with Crippen molar-refractivity contribution in [2.24, 2.45) is 11.7 Å². The highest BCUT2D eigenvalue weighted by molar-refractivity contribution is 5.99. The van der Waals surface area contributed by atoms with Crippen LogP contribution >= 0.6 is 0 Å². The maximum Gasteiger partial charge on any atom is 0.234 e. The molecule has 3 rings (SSSR count). The summed E-state index contributed by atoms with van der Waals surface area (Å²) in [4.78, 5) is 16.7. The number of amides is 1. The number of hydrogen-bond acceptors (Lipinski definition) is 4. The molecule has 1 saturated heterocycles. The van der Waals surface area contributed by atoms with Crippen LogP contribution in [0.4, 0.5) is 11.4 Å². The molecule has 2 heterocycles. The molecule has 2 aliphatic rings. The van der Waals surface area contributed by atoms with Crippen LogP contribution in [-0.4, -0.2) is 45.3 Å². The fourth-order valence-electron chi connectivity index (χ4n) is 2.76. The zero-order valence-corrected chi connectivity index (χ0v) is 11.1. The van der Waals surface area contributed by atoms with Crippen molar-refractivity contribution in [1.82, 2.24) is 0 Å². The number of rotatable bonds is 1. The summed E-state index contributed by atoms with van der Waals surface area (Å²) in [5, 5.41) is 0. The number of para-hydroxylation sites is 2. The lowest BCUT2D eigenvalue weighted by molar-refractivity contribution is -0.122. The maximum absolute atomic E-state index is 12.6. The SMILES string of the molecule is CN1CCN(C(=O)C2COCC2N)c2ccccc21. The van der Waals surface area contributed by atoms with E-state index in [2.05, 4.69) is 4.90 Å². The fourth-order valence-corrected chi connectivity index (χ4v) is 2.76. The molecule has 2 aliphatic heterocycles. The number of nitrogens with zero attached hydrogens (tertiary/aromatic N) is 2. The monoisotopic (exact) mass is 261 g/mol. The molecule has 5 heteroatoms. The number of nitrogens with two attached hydrogens (primary N) is 1. The Hall–Kier alpha value is -1.59. The molecule has 19 heavy (non-hydrogen) atoms. The summed E-state index contributed by atoms with van der Waals surface area (Å²) in [6.07, 6.45) is 0.